The number of ether oxygens (including phenoxy) is 2. The summed E-state index contributed by atoms with van der Waals surface area (Å²) in [5.41, 5.74) is 0.612. The van der Waals surface area contributed by atoms with E-state index in [1.165, 1.54) is 14.2 Å². The first kappa shape index (κ1) is 20.7. The molecule has 0 aliphatic rings. The van der Waals surface area contributed by atoms with Crippen LogP contribution in [0.15, 0.2) is 24.3 Å². The minimum Gasteiger partial charge on any atom is -0.495 e. The number of nitrogens with zero attached hydrogens (tertiary/aromatic N) is 3. The Bertz CT molecular complexity index is 768. The van der Waals surface area contributed by atoms with Crippen LogP contribution in [-0.2, 0) is 0 Å². The Morgan fingerprint density at radius 1 is 1.15 bits per heavy atom. The van der Waals surface area contributed by atoms with E-state index in [4.69, 9.17) is 21.1 Å². The summed E-state index contributed by atoms with van der Waals surface area (Å²) in [6, 6.07) is 6.49. The molecule has 146 valence electrons. The molecule has 0 saturated heterocycles. The SMILES string of the molecule is COc1cc(NC(=O)c2ccc(NCCCN(C)C)nn2)c(OC)cc1Cl. The number of carbonyl (C=O) groups is 1. The second-order valence-electron chi connectivity index (χ2n) is 6.03. The third-order valence-electron chi connectivity index (χ3n) is 3.71. The van der Waals surface area contributed by atoms with E-state index in [2.05, 4.69) is 25.7 Å². The molecule has 0 radical (unpaired) electrons. The Hall–Kier alpha value is -2.58. The number of halogens is 1. The van der Waals surface area contributed by atoms with Crippen LogP contribution >= 0.6 is 11.6 Å². The molecule has 1 aromatic heterocycles. The van der Waals surface area contributed by atoms with Gasteiger partial charge in [-0.2, -0.15) is 0 Å². The van der Waals surface area contributed by atoms with E-state index in [9.17, 15) is 4.79 Å². The fraction of sp³-hybridized carbons (Fsp3) is 0.389. The van der Waals surface area contributed by atoms with Crippen LogP contribution < -0.4 is 20.1 Å². The third kappa shape index (κ3) is 5.97. The predicted molar refractivity (Wildman–Crippen MR) is 106 cm³/mol. The number of carbonyl (C=O) groups excluding carboxylic acids is 1. The molecule has 8 nitrogen and oxygen atoms in total. The average molecular weight is 394 g/mol. The fourth-order valence-corrected chi connectivity index (χ4v) is 2.53. The molecule has 0 bridgehead atoms. The second-order valence-corrected chi connectivity index (χ2v) is 6.44. The molecule has 1 amide bonds. The van der Waals surface area contributed by atoms with Gasteiger partial charge in [-0.25, -0.2) is 0 Å². The molecule has 0 spiro atoms. The van der Waals surface area contributed by atoms with E-state index >= 15 is 0 Å². The maximum Gasteiger partial charge on any atom is 0.276 e. The maximum absolute atomic E-state index is 12.4. The summed E-state index contributed by atoms with van der Waals surface area (Å²) in [6.45, 7) is 1.76. The lowest BCUT2D eigenvalue weighted by Gasteiger charge is -2.13. The van der Waals surface area contributed by atoms with E-state index in [-0.39, 0.29) is 5.69 Å². The number of hydrogen-bond donors (Lipinski definition) is 2. The average Bonchev–Trinajstić information content (AvgIpc) is 2.66. The lowest BCUT2D eigenvalue weighted by atomic mass is 10.2. The zero-order valence-corrected chi connectivity index (χ0v) is 16.6. The van der Waals surface area contributed by atoms with Crippen molar-refractivity contribution in [3.05, 3.63) is 35.0 Å². The van der Waals surface area contributed by atoms with E-state index in [1.807, 2.05) is 14.1 Å². The van der Waals surface area contributed by atoms with Gasteiger partial charge in [-0.1, -0.05) is 11.6 Å². The molecule has 1 heterocycles. The Morgan fingerprint density at radius 3 is 2.48 bits per heavy atom. The van der Waals surface area contributed by atoms with Crippen molar-refractivity contribution >= 4 is 29.0 Å². The molecule has 0 saturated carbocycles. The zero-order chi connectivity index (χ0) is 19.8. The number of anilines is 2. The number of hydrogen-bond acceptors (Lipinski definition) is 7. The number of rotatable bonds is 9. The summed E-state index contributed by atoms with van der Waals surface area (Å²) >= 11 is 6.07. The van der Waals surface area contributed by atoms with Gasteiger partial charge >= 0.3 is 0 Å². The standard InChI is InChI=1S/C18H24ClN5O3/c1-24(2)9-5-8-20-17-7-6-13(22-23-17)18(25)21-14-11-15(26-3)12(19)10-16(14)27-4/h6-7,10-11H,5,8-9H2,1-4H3,(H,20,23)(H,21,25). The van der Waals surface area contributed by atoms with Crippen molar-refractivity contribution in [2.45, 2.75) is 6.42 Å². The Balaban J connectivity index is 2.02. The third-order valence-corrected chi connectivity index (χ3v) is 4.00. The fourth-order valence-electron chi connectivity index (χ4n) is 2.30. The number of benzene rings is 1. The van der Waals surface area contributed by atoms with Crippen LogP contribution in [0.4, 0.5) is 11.5 Å². The quantitative estimate of drug-likeness (QED) is 0.633. The first-order valence-electron chi connectivity index (χ1n) is 8.39. The molecular formula is C18H24ClN5O3. The highest BCUT2D eigenvalue weighted by molar-refractivity contribution is 6.32. The lowest BCUT2D eigenvalue weighted by molar-refractivity contribution is 0.102. The van der Waals surface area contributed by atoms with Crippen LogP contribution in [0.1, 0.15) is 16.9 Å². The van der Waals surface area contributed by atoms with Gasteiger partial charge in [0.05, 0.1) is 24.9 Å². The van der Waals surface area contributed by atoms with Crippen molar-refractivity contribution in [2.24, 2.45) is 0 Å². The van der Waals surface area contributed by atoms with Crippen LogP contribution in [0.25, 0.3) is 0 Å². The highest BCUT2D eigenvalue weighted by atomic mass is 35.5. The largest absolute Gasteiger partial charge is 0.495 e. The Kier molecular flexibility index (Phi) is 7.63. The number of amides is 1. The maximum atomic E-state index is 12.4. The van der Waals surface area contributed by atoms with Gasteiger partial charge in [-0.15, -0.1) is 10.2 Å². The summed E-state index contributed by atoms with van der Waals surface area (Å²) in [6.07, 6.45) is 0.981. The van der Waals surface area contributed by atoms with Gasteiger partial charge < -0.3 is 25.0 Å². The second kappa shape index (κ2) is 9.94. The van der Waals surface area contributed by atoms with Crippen LogP contribution in [-0.4, -0.2) is 62.4 Å². The minimum atomic E-state index is -0.413. The van der Waals surface area contributed by atoms with Crippen molar-refractivity contribution in [3.63, 3.8) is 0 Å². The number of nitrogens with one attached hydrogen (secondary N) is 2. The van der Waals surface area contributed by atoms with Gasteiger partial charge in [-0.3, -0.25) is 4.79 Å². The molecular weight excluding hydrogens is 370 g/mol. The smallest absolute Gasteiger partial charge is 0.276 e. The molecule has 1 aromatic carbocycles. The van der Waals surface area contributed by atoms with E-state index in [0.29, 0.717) is 28.0 Å². The molecule has 2 N–H and O–H groups in total. The molecule has 0 fully saturated rings. The van der Waals surface area contributed by atoms with Crippen molar-refractivity contribution in [2.75, 3.05) is 52.0 Å². The monoisotopic (exact) mass is 393 g/mol. The van der Waals surface area contributed by atoms with Crippen molar-refractivity contribution in [3.8, 4) is 11.5 Å². The zero-order valence-electron chi connectivity index (χ0n) is 15.9. The Morgan fingerprint density at radius 2 is 1.89 bits per heavy atom. The van der Waals surface area contributed by atoms with Gasteiger partial charge in [0.15, 0.2) is 5.69 Å². The van der Waals surface area contributed by atoms with Crippen LogP contribution in [0.5, 0.6) is 11.5 Å². The number of methoxy groups -OCH3 is 2. The van der Waals surface area contributed by atoms with E-state index in [0.717, 1.165) is 19.5 Å². The van der Waals surface area contributed by atoms with Crippen molar-refractivity contribution in [1.29, 1.82) is 0 Å². The molecule has 0 unspecified atom stereocenters. The topological polar surface area (TPSA) is 88.6 Å². The van der Waals surface area contributed by atoms with Gasteiger partial charge in [0.1, 0.15) is 17.3 Å². The van der Waals surface area contributed by atoms with Gasteiger partial charge in [0, 0.05) is 18.7 Å². The predicted octanol–water partition coefficient (Wildman–Crippen LogP) is 2.76. The number of aromatic nitrogens is 2. The molecule has 2 aromatic rings. The molecule has 2 rings (SSSR count). The minimum absolute atomic E-state index is 0.185. The molecule has 0 aliphatic carbocycles. The van der Waals surface area contributed by atoms with E-state index < -0.39 is 5.91 Å². The first-order chi connectivity index (χ1) is 12.9. The molecule has 0 aliphatic heterocycles. The van der Waals surface area contributed by atoms with E-state index in [1.54, 1.807) is 24.3 Å². The van der Waals surface area contributed by atoms with Gasteiger partial charge in [-0.05, 0) is 39.2 Å². The Labute approximate surface area is 163 Å². The summed E-state index contributed by atoms with van der Waals surface area (Å²) < 4.78 is 10.4. The lowest BCUT2D eigenvalue weighted by Crippen LogP contribution is -2.17. The van der Waals surface area contributed by atoms with Crippen LogP contribution in [0.3, 0.4) is 0 Å². The molecule has 0 atom stereocenters. The molecule has 27 heavy (non-hydrogen) atoms. The normalized spacial score (nSPS) is 10.6. The summed E-state index contributed by atoms with van der Waals surface area (Å²) in [5.74, 6) is 1.05. The summed E-state index contributed by atoms with van der Waals surface area (Å²) in [7, 11) is 7.04. The summed E-state index contributed by atoms with van der Waals surface area (Å²) in [4.78, 5) is 14.6. The highest BCUT2D eigenvalue weighted by Crippen LogP contribution is 2.36. The van der Waals surface area contributed by atoms with Crippen LogP contribution in [0.2, 0.25) is 5.02 Å². The van der Waals surface area contributed by atoms with Crippen molar-refractivity contribution < 1.29 is 14.3 Å². The van der Waals surface area contributed by atoms with Gasteiger partial charge in [0.25, 0.3) is 5.91 Å². The molecule has 9 heteroatoms. The van der Waals surface area contributed by atoms with Gasteiger partial charge in [0.2, 0.25) is 0 Å². The van der Waals surface area contributed by atoms with Crippen LogP contribution in [0, 0.1) is 0 Å². The summed E-state index contributed by atoms with van der Waals surface area (Å²) in [5, 5.41) is 14.3. The van der Waals surface area contributed by atoms with Crippen molar-refractivity contribution in [1.82, 2.24) is 15.1 Å². The highest BCUT2D eigenvalue weighted by Gasteiger charge is 2.15. The first-order valence-corrected chi connectivity index (χ1v) is 8.77.